The van der Waals surface area contributed by atoms with E-state index in [1.807, 2.05) is 24.3 Å². The molecule has 116 valence electrons. The van der Waals surface area contributed by atoms with E-state index in [-0.39, 0.29) is 11.9 Å². The summed E-state index contributed by atoms with van der Waals surface area (Å²) in [5, 5.41) is 0.624. The van der Waals surface area contributed by atoms with E-state index in [1.54, 1.807) is 4.90 Å². The second-order valence-corrected chi connectivity index (χ2v) is 6.46. The summed E-state index contributed by atoms with van der Waals surface area (Å²) in [4.78, 5) is 16.7. The molecular weight excluding hydrogens is 304 g/mol. The van der Waals surface area contributed by atoms with Crippen LogP contribution < -0.4 is 4.90 Å². The number of amides is 1. The van der Waals surface area contributed by atoms with Gasteiger partial charge in [-0.25, -0.2) is 0 Å². The van der Waals surface area contributed by atoms with Crippen LogP contribution in [-0.2, 0) is 24.2 Å². The van der Waals surface area contributed by atoms with Crippen LogP contribution in [0.2, 0.25) is 0 Å². The molecule has 0 spiro atoms. The number of hydrogen-bond acceptors (Lipinski definition) is 2. The minimum Gasteiger partial charge on any atom is -0.332 e. The van der Waals surface area contributed by atoms with Crippen molar-refractivity contribution in [3.8, 4) is 0 Å². The molecule has 1 atom stereocenters. The Hall–Kier alpha value is -2.20. The highest BCUT2D eigenvalue weighted by Crippen LogP contribution is 2.33. The number of nitrogens with zero attached hydrogens (tertiary/aromatic N) is 2. The quantitative estimate of drug-likeness (QED) is 0.793. The zero-order chi connectivity index (χ0) is 16.0. The van der Waals surface area contributed by atoms with Crippen molar-refractivity contribution in [2.24, 2.45) is 0 Å². The van der Waals surface area contributed by atoms with Gasteiger partial charge < -0.3 is 4.90 Å². The van der Waals surface area contributed by atoms with E-state index in [0.717, 1.165) is 25.1 Å². The standard InChI is InChI=1S/C19H18N2OS/c1-2-13-7-9-16(10-8-13)21-18(22)17-11-14-5-3-4-6-15(14)12-20(17)19(21)23/h3-10,17H,2,11-12H2,1H3/t17-/m1/s1. The van der Waals surface area contributed by atoms with E-state index in [2.05, 4.69) is 36.1 Å². The molecule has 2 aliphatic rings. The number of carbonyl (C=O) groups is 1. The number of rotatable bonds is 2. The lowest BCUT2D eigenvalue weighted by molar-refractivity contribution is -0.119. The van der Waals surface area contributed by atoms with Crippen molar-refractivity contribution in [1.29, 1.82) is 0 Å². The zero-order valence-electron chi connectivity index (χ0n) is 13.0. The fourth-order valence-electron chi connectivity index (χ4n) is 3.43. The lowest BCUT2D eigenvalue weighted by Gasteiger charge is -2.30. The van der Waals surface area contributed by atoms with Gasteiger partial charge in [-0.05, 0) is 47.5 Å². The maximum atomic E-state index is 12.9. The average molecular weight is 322 g/mol. The molecule has 0 unspecified atom stereocenters. The molecule has 0 radical (unpaired) electrons. The van der Waals surface area contributed by atoms with Gasteiger partial charge >= 0.3 is 0 Å². The molecule has 4 heteroatoms. The first-order chi connectivity index (χ1) is 11.2. The number of hydrogen-bond donors (Lipinski definition) is 0. The van der Waals surface area contributed by atoms with Crippen LogP contribution in [0, 0.1) is 0 Å². The van der Waals surface area contributed by atoms with Gasteiger partial charge in [-0.2, -0.15) is 0 Å². The van der Waals surface area contributed by atoms with E-state index in [1.165, 1.54) is 16.7 Å². The highest BCUT2D eigenvalue weighted by molar-refractivity contribution is 7.80. The summed E-state index contributed by atoms with van der Waals surface area (Å²) >= 11 is 5.62. The molecule has 23 heavy (non-hydrogen) atoms. The highest BCUT2D eigenvalue weighted by atomic mass is 32.1. The van der Waals surface area contributed by atoms with Gasteiger partial charge in [-0.1, -0.05) is 43.3 Å². The Bertz CT molecular complexity index is 741. The summed E-state index contributed by atoms with van der Waals surface area (Å²) in [6.45, 7) is 2.84. The van der Waals surface area contributed by atoms with Gasteiger partial charge in [-0.15, -0.1) is 0 Å². The van der Waals surface area contributed by atoms with Crippen molar-refractivity contribution >= 4 is 28.9 Å². The lowest BCUT2D eigenvalue weighted by atomic mass is 9.95. The molecule has 0 aromatic heterocycles. The van der Waals surface area contributed by atoms with E-state index >= 15 is 0 Å². The Labute approximate surface area is 141 Å². The van der Waals surface area contributed by atoms with Crippen LogP contribution in [0.3, 0.4) is 0 Å². The predicted molar refractivity (Wildman–Crippen MR) is 95.4 cm³/mol. The molecule has 2 aromatic rings. The third-order valence-electron chi connectivity index (χ3n) is 4.79. The molecule has 4 rings (SSSR count). The van der Waals surface area contributed by atoms with Crippen molar-refractivity contribution in [1.82, 2.24) is 4.90 Å². The maximum absolute atomic E-state index is 12.9. The number of thiocarbonyl (C=S) groups is 1. The summed E-state index contributed by atoms with van der Waals surface area (Å²) in [6.07, 6.45) is 1.72. The minimum atomic E-state index is -0.164. The SMILES string of the molecule is CCc1ccc(N2C(=O)[C@H]3Cc4ccccc4CN3C2=S)cc1. The van der Waals surface area contributed by atoms with Crippen LogP contribution in [0.25, 0.3) is 0 Å². The number of fused-ring (bicyclic) bond motifs is 2. The van der Waals surface area contributed by atoms with Crippen LogP contribution in [-0.4, -0.2) is 22.0 Å². The molecule has 2 aliphatic heterocycles. The fraction of sp³-hybridized carbons (Fsp3) is 0.263. The van der Waals surface area contributed by atoms with Gasteiger partial charge in [0.2, 0.25) is 0 Å². The van der Waals surface area contributed by atoms with E-state index < -0.39 is 0 Å². The summed E-state index contributed by atoms with van der Waals surface area (Å²) in [6, 6.07) is 16.3. The van der Waals surface area contributed by atoms with E-state index in [4.69, 9.17) is 12.2 Å². The summed E-state index contributed by atoms with van der Waals surface area (Å²) in [7, 11) is 0. The highest BCUT2D eigenvalue weighted by Gasteiger charge is 2.45. The van der Waals surface area contributed by atoms with Gasteiger partial charge in [0.05, 0.1) is 5.69 Å². The first-order valence-corrected chi connectivity index (χ1v) is 8.40. The van der Waals surface area contributed by atoms with Crippen LogP contribution in [0.15, 0.2) is 48.5 Å². The second kappa shape index (κ2) is 5.46. The number of benzene rings is 2. The van der Waals surface area contributed by atoms with Gasteiger partial charge in [0, 0.05) is 13.0 Å². The predicted octanol–water partition coefficient (Wildman–Crippen LogP) is 3.31. The maximum Gasteiger partial charge on any atom is 0.256 e. The Morgan fingerprint density at radius 1 is 1.09 bits per heavy atom. The van der Waals surface area contributed by atoms with Crippen molar-refractivity contribution in [3.63, 3.8) is 0 Å². The van der Waals surface area contributed by atoms with Crippen molar-refractivity contribution in [3.05, 3.63) is 65.2 Å². The first kappa shape index (κ1) is 14.4. The Kier molecular flexibility index (Phi) is 3.42. The second-order valence-electron chi connectivity index (χ2n) is 6.09. The topological polar surface area (TPSA) is 23.6 Å². The van der Waals surface area contributed by atoms with Gasteiger partial charge in [0.15, 0.2) is 5.11 Å². The molecule has 0 aliphatic carbocycles. The van der Waals surface area contributed by atoms with E-state index in [9.17, 15) is 4.79 Å². The Morgan fingerprint density at radius 2 is 1.78 bits per heavy atom. The Balaban J connectivity index is 1.68. The van der Waals surface area contributed by atoms with Crippen LogP contribution in [0.1, 0.15) is 23.6 Å². The van der Waals surface area contributed by atoms with Gasteiger partial charge in [-0.3, -0.25) is 9.69 Å². The van der Waals surface area contributed by atoms with Crippen molar-refractivity contribution in [2.45, 2.75) is 32.4 Å². The summed E-state index contributed by atoms with van der Waals surface area (Å²) < 4.78 is 0. The van der Waals surface area contributed by atoms with Crippen LogP contribution in [0.4, 0.5) is 5.69 Å². The molecule has 0 saturated carbocycles. The summed E-state index contributed by atoms with van der Waals surface area (Å²) in [5.41, 5.74) is 4.65. The molecule has 3 nitrogen and oxygen atoms in total. The first-order valence-electron chi connectivity index (χ1n) is 7.99. The molecular formula is C19H18N2OS. The molecule has 2 heterocycles. The monoisotopic (exact) mass is 322 g/mol. The number of carbonyl (C=O) groups excluding carboxylic acids is 1. The minimum absolute atomic E-state index is 0.0914. The Morgan fingerprint density at radius 3 is 2.48 bits per heavy atom. The average Bonchev–Trinajstić information content (AvgIpc) is 2.84. The third-order valence-corrected chi connectivity index (χ3v) is 5.21. The van der Waals surface area contributed by atoms with E-state index in [0.29, 0.717) is 5.11 Å². The normalized spacial score (nSPS) is 19.8. The number of anilines is 1. The smallest absolute Gasteiger partial charge is 0.256 e. The molecule has 0 N–H and O–H groups in total. The van der Waals surface area contributed by atoms with Crippen molar-refractivity contribution < 1.29 is 4.79 Å². The molecule has 1 saturated heterocycles. The fourth-order valence-corrected chi connectivity index (χ4v) is 3.82. The zero-order valence-corrected chi connectivity index (χ0v) is 13.8. The molecule has 1 fully saturated rings. The largest absolute Gasteiger partial charge is 0.332 e. The van der Waals surface area contributed by atoms with Gasteiger partial charge in [0.1, 0.15) is 6.04 Å². The molecule has 1 amide bonds. The van der Waals surface area contributed by atoms with Gasteiger partial charge in [0.25, 0.3) is 5.91 Å². The number of aryl methyl sites for hydroxylation is 1. The lowest BCUT2D eigenvalue weighted by Crippen LogP contribution is -2.39. The van der Waals surface area contributed by atoms with Crippen LogP contribution >= 0.6 is 12.2 Å². The summed E-state index contributed by atoms with van der Waals surface area (Å²) in [5.74, 6) is 0.0914. The van der Waals surface area contributed by atoms with Crippen LogP contribution in [0.5, 0.6) is 0 Å². The third kappa shape index (κ3) is 2.25. The molecule has 0 bridgehead atoms. The van der Waals surface area contributed by atoms with Crippen molar-refractivity contribution in [2.75, 3.05) is 4.90 Å². The molecule has 2 aromatic carbocycles.